The molecular formula is C32H29F4N5O2. The highest BCUT2D eigenvalue weighted by Crippen LogP contribution is 2.37. The average molecular weight is 592 g/mol. The van der Waals surface area contributed by atoms with Crippen LogP contribution in [0.3, 0.4) is 0 Å². The van der Waals surface area contributed by atoms with Crippen LogP contribution in [0, 0.1) is 17.1 Å². The van der Waals surface area contributed by atoms with Crippen molar-refractivity contribution in [3.05, 3.63) is 95.4 Å². The summed E-state index contributed by atoms with van der Waals surface area (Å²) >= 11 is 0. The Balaban J connectivity index is 1.63. The minimum atomic E-state index is -4.86. The van der Waals surface area contributed by atoms with Gasteiger partial charge in [-0.3, -0.25) is 0 Å². The second-order valence-corrected chi connectivity index (χ2v) is 11.3. The van der Waals surface area contributed by atoms with Crippen molar-refractivity contribution in [2.75, 3.05) is 5.32 Å². The number of hydrogen-bond donors (Lipinski definition) is 2. The first-order chi connectivity index (χ1) is 20.1. The van der Waals surface area contributed by atoms with Crippen LogP contribution in [0.4, 0.5) is 34.0 Å². The van der Waals surface area contributed by atoms with Gasteiger partial charge < -0.3 is 15.4 Å². The monoisotopic (exact) mass is 591 g/mol. The molecule has 0 unspecified atom stereocenters. The molecule has 0 saturated heterocycles. The molecular weight excluding hydrogens is 562 g/mol. The van der Waals surface area contributed by atoms with Crippen molar-refractivity contribution in [1.29, 1.82) is 5.26 Å². The van der Waals surface area contributed by atoms with E-state index in [1.54, 1.807) is 69.3 Å². The maximum Gasteiger partial charge on any atom is 0.419 e. The van der Waals surface area contributed by atoms with E-state index in [0.29, 0.717) is 22.5 Å². The highest BCUT2D eigenvalue weighted by Gasteiger charge is 2.34. The van der Waals surface area contributed by atoms with E-state index < -0.39 is 34.8 Å². The van der Waals surface area contributed by atoms with Crippen molar-refractivity contribution in [3.8, 4) is 28.5 Å². The molecule has 0 radical (unpaired) electrons. The number of anilines is 2. The number of nitriles is 1. The Morgan fingerprint density at radius 1 is 0.930 bits per heavy atom. The smallest absolute Gasteiger partial charge is 0.419 e. The van der Waals surface area contributed by atoms with Gasteiger partial charge in [-0.2, -0.15) is 18.4 Å². The molecule has 1 amide bonds. The van der Waals surface area contributed by atoms with Gasteiger partial charge in [-0.25, -0.2) is 19.2 Å². The molecule has 0 aliphatic carbocycles. The highest BCUT2D eigenvalue weighted by atomic mass is 19.4. The van der Waals surface area contributed by atoms with Crippen LogP contribution in [0.25, 0.3) is 22.4 Å². The standard InChI is InChI=1S/C32H29F4N5O2/c1-30(2,3)43-29(42)41-31(4,5)22-13-10-19(11-14-22)27-21(17-37)18-38-28(40-27)39-26-9-7-6-8-23(26)20-12-15-25(33)24(16-20)32(34,35)36/h6-16,18H,1-5H3,(H,41,42)(H,38,39,40). The van der Waals surface area contributed by atoms with Gasteiger partial charge in [-0.15, -0.1) is 0 Å². The first-order valence-corrected chi connectivity index (χ1v) is 13.2. The first kappa shape index (κ1) is 31.0. The number of alkyl halides is 3. The first-order valence-electron chi connectivity index (χ1n) is 13.2. The maximum absolute atomic E-state index is 13.9. The average Bonchev–Trinajstić information content (AvgIpc) is 2.92. The predicted octanol–water partition coefficient (Wildman–Crippen LogP) is 8.34. The fourth-order valence-corrected chi connectivity index (χ4v) is 4.29. The number of rotatable bonds is 6. The van der Waals surface area contributed by atoms with Crippen LogP contribution in [0.15, 0.2) is 72.9 Å². The second-order valence-electron chi connectivity index (χ2n) is 11.3. The third-order valence-corrected chi connectivity index (χ3v) is 6.36. The minimum Gasteiger partial charge on any atom is -0.444 e. The van der Waals surface area contributed by atoms with Crippen LogP contribution in [0.2, 0.25) is 0 Å². The molecule has 4 aromatic rings. The Labute approximate surface area is 246 Å². The van der Waals surface area contributed by atoms with Gasteiger partial charge in [-0.1, -0.05) is 48.5 Å². The molecule has 0 saturated carbocycles. The molecule has 0 spiro atoms. The molecule has 0 aliphatic rings. The zero-order chi connectivity index (χ0) is 31.6. The fourth-order valence-electron chi connectivity index (χ4n) is 4.29. The molecule has 43 heavy (non-hydrogen) atoms. The van der Waals surface area contributed by atoms with Gasteiger partial charge in [0.15, 0.2) is 0 Å². The van der Waals surface area contributed by atoms with Gasteiger partial charge in [0.1, 0.15) is 17.5 Å². The minimum absolute atomic E-state index is 0.0932. The van der Waals surface area contributed by atoms with E-state index in [1.165, 1.54) is 12.3 Å². The summed E-state index contributed by atoms with van der Waals surface area (Å²) in [5.74, 6) is -1.27. The van der Waals surface area contributed by atoms with Gasteiger partial charge in [-0.05, 0) is 63.9 Å². The van der Waals surface area contributed by atoms with Crippen molar-refractivity contribution in [1.82, 2.24) is 15.3 Å². The quantitative estimate of drug-likeness (QED) is 0.219. The van der Waals surface area contributed by atoms with Crippen LogP contribution >= 0.6 is 0 Å². The number of aromatic nitrogens is 2. The maximum atomic E-state index is 13.9. The molecule has 2 N–H and O–H groups in total. The SMILES string of the molecule is CC(C)(C)OC(=O)NC(C)(C)c1ccc(-c2nc(Nc3ccccc3-c3ccc(F)c(C(F)(F)F)c3)ncc2C#N)cc1. The van der Waals surface area contributed by atoms with Gasteiger partial charge >= 0.3 is 12.3 Å². The lowest BCUT2D eigenvalue weighted by molar-refractivity contribution is -0.139. The molecule has 4 rings (SSSR count). The predicted molar refractivity (Wildman–Crippen MR) is 155 cm³/mol. The van der Waals surface area contributed by atoms with Crippen molar-refractivity contribution in [2.24, 2.45) is 0 Å². The molecule has 1 heterocycles. The Morgan fingerprint density at radius 2 is 1.58 bits per heavy atom. The highest BCUT2D eigenvalue weighted by molar-refractivity contribution is 5.81. The second kappa shape index (κ2) is 11.7. The van der Waals surface area contributed by atoms with Crippen LogP contribution in [-0.2, 0) is 16.5 Å². The van der Waals surface area contributed by atoms with Gasteiger partial charge in [0.05, 0.1) is 28.6 Å². The van der Waals surface area contributed by atoms with Crippen LogP contribution in [0.1, 0.15) is 51.3 Å². The third-order valence-electron chi connectivity index (χ3n) is 6.36. The van der Waals surface area contributed by atoms with E-state index >= 15 is 0 Å². The molecule has 222 valence electrons. The Morgan fingerprint density at radius 3 is 2.21 bits per heavy atom. The topological polar surface area (TPSA) is 99.9 Å². The zero-order valence-corrected chi connectivity index (χ0v) is 24.1. The molecule has 3 aromatic carbocycles. The fraction of sp³-hybridized carbons (Fsp3) is 0.250. The van der Waals surface area contributed by atoms with Crippen molar-refractivity contribution < 1.29 is 27.1 Å². The molecule has 7 nitrogen and oxygen atoms in total. The van der Waals surface area contributed by atoms with Gasteiger partial charge in [0, 0.05) is 16.8 Å². The molecule has 0 fully saturated rings. The Kier molecular flexibility index (Phi) is 8.44. The largest absolute Gasteiger partial charge is 0.444 e. The summed E-state index contributed by atoms with van der Waals surface area (Å²) in [5.41, 5.74) is -0.00701. The molecule has 0 aliphatic heterocycles. The van der Waals surface area contributed by atoms with Crippen molar-refractivity contribution >= 4 is 17.7 Å². The molecule has 1 aromatic heterocycles. The summed E-state index contributed by atoms with van der Waals surface area (Å²) in [6.45, 7) is 8.98. The number of nitrogens with one attached hydrogen (secondary N) is 2. The number of halogens is 4. The number of ether oxygens (including phenoxy) is 1. The number of carbonyl (C=O) groups is 1. The molecule has 0 bridgehead atoms. The lowest BCUT2D eigenvalue weighted by Gasteiger charge is -2.29. The molecule has 11 heteroatoms. The number of amides is 1. The number of alkyl carbamates (subject to hydrolysis) is 1. The third kappa shape index (κ3) is 7.46. The summed E-state index contributed by atoms with van der Waals surface area (Å²) in [7, 11) is 0. The van der Waals surface area contributed by atoms with Gasteiger partial charge in [0.2, 0.25) is 5.95 Å². The van der Waals surface area contributed by atoms with E-state index in [1.807, 2.05) is 13.8 Å². The van der Waals surface area contributed by atoms with E-state index in [4.69, 9.17) is 4.74 Å². The Bertz CT molecular complexity index is 1690. The van der Waals surface area contributed by atoms with E-state index in [2.05, 4.69) is 26.7 Å². The lowest BCUT2D eigenvalue weighted by atomic mass is 9.93. The van der Waals surface area contributed by atoms with E-state index in [-0.39, 0.29) is 17.1 Å². The van der Waals surface area contributed by atoms with Crippen LogP contribution in [0.5, 0.6) is 0 Å². The van der Waals surface area contributed by atoms with Crippen LogP contribution < -0.4 is 10.6 Å². The Hall–Kier alpha value is -4.98. The summed E-state index contributed by atoms with van der Waals surface area (Å²) in [4.78, 5) is 21.1. The number of carbonyl (C=O) groups excluding carboxylic acids is 1. The number of nitrogens with zero attached hydrogens (tertiary/aromatic N) is 3. The summed E-state index contributed by atoms with van der Waals surface area (Å²) < 4.78 is 59.3. The van der Waals surface area contributed by atoms with Gasteiger partial charge in [0.25, 0.3) is 0 Å². The normalized spacial score (nSPS) is 11.9. The van der Waals surface area contributed by atoms with Crippen molar-refractivity contribution in [2.45, 2.75) is 51.9 Å². The lowest BCUT2D eigenvalue weighted by Crippen LogP contribution is -2.43. The molecule has 0 atom stereocenters. The van der Waals surface area contributed by atoms with Crippen molar-refractivity contribution in [3.63, 3.8) is 0 Å². The van der Waals surface area contributed by atoms with E-state index in [0.717, 1.165) is 17.7 Å². The zero-order valence-electron chi connectivity index (χ0n) is 24.1. The number of para-hydroxylation sites is 1. The van der Waals surface area contributed by atoms with E-state index in [9.17, 15) is 27.6 Å². The van der Waals surface area contributed by atoms with Crippen LogP contribution in [-0.4, -0.2) is 21.7 Å². The summed E-state index contributed by atoms with van der Waals surface area (Å²) in [6, 6.07) is 18.5. The summed E-state index contributed by atoms with van der Waals surface area (Å²) in [5, 5.41) is 15.6. The number of benzene rings is 3. The summed E-state index contributed by atoms with van der Waals surface area (Å²) in [6.07, 6.45) is -4.07. The number of hydrogen-bond acceptors (Lipinski definition) is 6.